The van der Waals surface area contributed by atoms with Gasteiger partial charge in [-0.2, -0.15) is 14.0 Å². The third-order valence-corrected chi connectivity index (χ3v) is 3.26. The Morgan fingerprint density at radius 1 is 1.27 bits per heavy atom. The van der Waals surface area contributed by atoms with Crippen LogP contribution in [0.15, 0.2) is 23.6 Å². The molecule has 0 atom stereocenters. The van der Waals surface area contributed by atoms with Crippen molar-refractivity contribution in [2.24, 2.45) is 0 Å². The summed E-state index contributed by atoms with van der Waals surface area (Å²) in [6, 6.07) is 5.49. The van der Waals surface area contributed by atoms with E-state index in [-0.39, 0.29) is 11.6 Å². The third kappa shape index (κ3) is 3.82. The highest BCUT2D eigenvalue weighted by atomic mass is 19.3. The fraction of sp³-hybridized carbons (Fsp3) is 0.375. The van der Waals surface area contributed by atoms with E-state index in [9.17, 15) is 8.78 Å². The lowest BCUT2D eigenvalue weighted by molar-refractivity contribution is -0.114. The van der Waals surface area contributed by atoms with Crippen LogP contribution in [0.1, 0.15) is 29.2 Å². The van der Waals surface area contributed by atoms with Gasteiger partial charge in [0.1, 0.15) is 0 Å². The number of hydrogen-bond donors (Lipinski definition) is 1. The van der Waals surface area contributed by atoms with Crippen LogP contribution < -0.4 is 0 Å². The molecular weight excluding hydrogens is 288 g/mol. The van der Waals surface area contributed by atoms with Crippen LogP contribution in [-0.4, -0.2) is 31.3 Å². The molecule has 0 amide bonds. The molecule has 22 heavy (non-hydrogen) atoms. The smallest absolute Gasteiger partial charge is 0.388 e. The minimum Gasteiger partial charge on any atom is -0.419 e. The number of allylic oxidation sites excluding steroid dienone is 1. The van der Waals surface area contributed by atoms with Crippen molar-refractivity contribution in [1.82, 2.24) is 4.90 Å². The third-order valence-electron chi connectivity index (χ3n) is 3.26. The second-order valence-corrected chi connectivity index (χ2v) is 5.17. The van der Waals surface area contributed by atoms with Crippen molar-refractivity contribution in [3.05, 3.63) is 45.8 Å². The molecule has 0 saturated heterocycles. The molecule has 1 aromatic rings. The van der Waals surface area contributed by atoms with Gasteiger partial charge in [-0.1, -0.05) is 0 Å². The number of nitriles is 1. The Labute approximate surface area is 129 Å². The number of aryl methyl sites for hydroxylation is 2. The van der Waals surface area contributed by atoms with Crippen molar-refractivity contribution >= 4 is 5.71 Å². The Kier molecular flexibility index (Phi) is 5.63. The Hall–Kier alpha value is -2.42. The maximum absolute atomic E-state index is 12.5. The monoisotopic (exact) mass is 307 g/mol. The Bertz CT molecular complexity index is 658. The van der Waals surface area contributed by atoms with Gasteiger partial charge in [0, 0.05) is 25.2 Å². The van der Waals surface area contributed by atoms with Crippen molar-refractivity contribution in [1.29, 1.82) is 10.7 Å². The lowest BCUT2D eigenvalue weighted by Gasteiger charge is -2.21. The van der Waals surface area contributed by atoms with Crippen molar-refractivity contribution in [3.8, 4) is 6.07 Å². The van der Waals surface area contributed by atoms with Crippen LogP contribution in [0.3, 0.4) is 0 Å². The number of halogens is 2. The van der Waals surface area contributed by atoms with Crippen molar-refractivity contribution in [2.75, 3.05) is 14.1 Å². The van der Waals surface area contributed by atoms with Gasteiger partial charge in [0.2, 0.25) is 0 Å². The van der Waals surface area contributed by atoms with Crippen molar-refractivity contribution < 1.29 is 13.5 Å². The first kappa shape index (κ1) is 17.6. The molecule has 0 unspecified atom stereocenters. The van der Waals surface area contributed by atoms with Crippen LogP contribution in [-0.2, 0) is 4.74 Å². The molecule has 0 saturated carbocycles. The molecule has 1 aromatic carbocycles. The number of nitrogens with one attached hydrogen (secondary N) is 1. The van der Waals surface area contributed by atoms with Crippen LogP contribution >= 0.6 is 0 Å². The summed E-state index contributed by atoms with van der Waals surface area (Å²) in [6.45, 7) is 2.16. The molecular formula is C16H19F2N3O. The second-order valence-electron chi connectivity index (χ2n) is 5.17. The highest BCUT2D eigenvalue weighted by molar-refractivity contribution is 6.11. The maximum atomic E-state index is 12.5. The van der Waals surface area contributed by atoms with E-state index < -0.39 is 6.61 Å². The van der Waals surface area contributed by atoms with Gasteiger partial charge in [-0.25, -0.2) is 0 Å². The van der Waals surface area contributed by atoms with Crippen molar-refractivity contribution in [3.63, 3.8) is 0 Å². The second kappa shape index (κ2) is 7.03. The SMILES string of the molecule is C/C(C(=N)c1cc(C)c(C#N)cc1C)=C(\OC(F)F)N(C)C. The molecule has 118 valence electrons. The first-order valence-corrected chi connectivity index (χ1v) is 6.62. The average molecular weight is 307 g/mol. The van der Waals surface area contributed by atoms with Gasteiger partial charge < -0.3 is 9.64 Å². The van der Waals surface area contributed by atoms with Gasteiger partial charge >= 0.3 is 6.61 Å². The molecule has 4 nitrogen and oxygen atoms in total. The Morgan fingerprint density at radius 2 is 1.86 bits per heavy atom. The lowest BCUT2D eigenvalue weighted by atomic mass is 9.94. The minimum absolute atomic E-state index is 0.0542. The fourth-order valence-corrected chi connectivity index (χ4v) is 2.13. The summed E-state index contributed by atoms with van der Waals surface area (Å²) in [7, 11) is 3.15. The molecule has 0 fully saturated rings. The molecule has 0 aliphatic carbocycles. The molecule has 6 heteroatoms. The Morgan fingerprint density at radius 3 is 2.32 bits per heavy atom. The number of ether oxygens (including phenoxy) is 1. The van der Waals surface area contributed by atoms with E-state index in [4.69, 9.17) is 10.7 Å². The van der Waals surface area contributed by atoms with E-state index in [0.29, 0.717) is 16.7 Å². The highest BCUT2D eigenvalue weighted by Gasteiger charge is 2.18. The van der Waals surface area contributed by atoms with E-state index >= 15 is 0 Å². The Balaban J connectivity index is 3.35. The fourth-order valence-electron chi connectivity index (χ4n) is 2.13. The summed E-state index contributed by atoms with van der Waals surface area (Å²) >= 11 is 0. The van der Waals surface area contributed by atoms with Gasteiger partial charge in [0.05, 0.1) is 17.3 Å². The zero-order valence-corrected chi connectivity index (χ0v) is 13.3. The average Bonchev–Trinajstić information content (AvgIpc) is 2.44. The van der Waals surface area contributed by atoms with E-state index in [1.54, 1.807) is 47.0 Å². The standard InChI is InChI=1S/C16H19F2N3O/c1-9-7-13(10(2)6-12(9)8-19)14(20)11(3)15(21(4)5)22-16(17)18/h6-7,16,20H,1-5H3/b15-11+,20-14?. The first-order chi connectivity index (χ1) is 10.2. The van der Waals surface area contributed by atoms with E-state index in [0.717, 1.165) is 11.1 Å². The van der Waals surface area contributed by atoms with Gasteiger partial charge in [-0.3, -0.25) is 5.41 Å². The van der Waals surface area contributed by atoms with E-state index in [2.05, 4.69) is 10.8 Å². The first-order valence-electron chi connectivity index (χ1n) is 6.62. The molecule has 1 N–H and O–H groups in total. The molecule has 1 rings (SSSR count). The van der Waals surface area contributed by atoms with Crippen LogP contribution in [0.2, 0.25) is 0 Å². The molecule has 0 heterocycles. The van der Waals surface area contributed by atoms with E-state index in [1.807, 2.05) is 0 Å². The zero-order chi connectivity index (χ0) is 17.0. The maximum Gasteiger partial charge on any atom is 0.388 e. The topological polar surface area (TPSA) is 60.1 Å². The van der Waals surface area contributed by atoms with Gasteiger partial charge in [-0.05, 0) is 44.0 Å². The predicted molar refractivity (Wildman–Crippen MR) is 80.9 cm³/mol. The molecule has 0 radical (unpaired) electrons. The van der Waals surface area contributed by atoms with Crippen LogP contribution in [0, 0.1) is 30.6 Å². The summed E-state index contributed by atoms with van der Waals surface area (Å²) in [6.07, 6.45) is 0. The number of rotatable bonds is 5. The number of alkyl halides is 2. The summed E-state index contributed by atoms with van der Waals surface area (Å²) in [5.74, 6) is -0.0542. The minimum atomic E-state index is -2.95. The number of hydrogen-bond acceptors (Lipinski definition) is 4. The van der Waals surface area contributed by atoms with Gasteiger partial charge in [-0.15, -0.1) is 0 Å². The van der Waals surface area contributed by atoms with Crippen LogP contribution in [0.5, 0.6) is 0 Å². The predicted octanol–water partition coefficient (Wildman–Crippen LogP) is 3.58. The molecule has 0 aromatic heterocycles. The summed E-state index contributed by atoms with van der Waals surface area (Å²) in [5.41, 5.74) is 2.99. The molecule has 0 aliphatic heterocycles. The number of nitrogens with zero attached hydrogens (tertiary/aromatic N) is 2. The van der Waals surface area contributed by atoms with Crippen LogP contribution in [0.4, 0.5) is 8.78 Å². The highest BCUT2D eigenvalue weighted by Crippen LogP contribution is 2.22. The van der Waals surface area contributed by atoms with Crippen molar-refractivity contribution in [2.45, 2.75) is 27.4 Å². The van der Waals surface area contributed by atoms with Crippen LogP contribution in [0.25, 0.3) is 0 Å². The normalized spacial score (nSPS) is 11.8. The molecule has 0 spiro atoms. The zero-order valence-electron chi connectivity index (χ0n) is 13.3. The van der Waals surface area contributed by atoms with E-state index in [1.165, 1.54) is 4.90 Å². The largest absolute Gasteiger partial charge is 0.419 e. The quantitative estimate of drug-likeness (QED) is 0.668. The number of benzene rings is 1. The summed E-state index contributed by atoms with van der Waals surface area (Å²) in [4.78, 5) is 1.40. The summed E-state index contributed by atoms with van der Waals surface area (Å²) in [5, 5.41) is 17.3. The summed E-state index contributed by atoms with van der Waals surface area (Å²) < 4.78 is 29.6. The van der Waals surface area contributed by atoms with Gasteiger partial charge in [0.15, 0.2) is 5.88 Å². The van der Waals surface area contributed by atoms with Gasteiger partial charge in [0.25, 0.3) is 0 Å². The lowest BCUT2D eigenvalue weighted by Crippen LogP contribution is -2.21. The molecule has 0 aliphatic rings. The molecule has 0 bridgehead atoms.